The number of hydrogen-bond donors (Lipinski definition) is 2. The van der Waals surface area contributed by atoms with Crippen molar-refractivity contribution in [2.75, 3.05) is 31.6 Å². The van der Waals surface area contributed by atoms with Crippen LogP contribution in [0.25, 0.3) is 0 Å². The van der Waals surface area contributed by atoms with Gasteiger partial charge in [0.2, 0.25) is 5.95 Å². The molecule has 1 amide bonds. The molecule has 2 aliphatic rings. The van der Waals surface area contributed by atoms with Gasteiger partial charge in [-0.3, -0.25) is 4.79 Å². The summed E-state index contributed by atoms with van der Waals surface area (Å²) in [6.45, 7) is 8.78. The monoisotopic (exact) mass is 406 g/mol. The van der Waals surface area contributed by atoms with Gasteiger partial charge in [-0.2, -0.15) is 0 Å². The van der Waals surface area contributed by atoms with E-state index < -0.39 is 36.9 Å². The average molecular weight is 406 g/mol. The van der Waals surface area contributed by atoms with Crippen molar-refractivity contribution in [1.82, 2.24) is 14.9 Å². The Kier molecular flexibility index (Phi) is 6.19. The summed E-state index contributed by atoms with van der Waals surface area (Å²) in [7, 11) is 1.14. The maximum atomic E-state index is 12.2. The third-order valence-corrected chi connectivity index (χ3v) is 6.22. The normalized spacial score (nSPS) is 24.4. The Balaban J connectivity index is 1.66. The van der Waals surface area contributed by atoms with E-state index in [9.17, 15) is 9.90 Å². The van der Waals surface area contributed by atoms with Crippen LogP contribution in [-0.2, 0) is 14.1 Å². The summed E-state index contributed by atoms with van der Waals surface area (Å²) >= 11 is 0. The van der Waals surface area contributed by atoms with Gasteiger partial charge in [-0.25, -0.2) is 9.97 Å². The molecule has 2 fully saturated rings. The number of anilines is 1. The molecule has 0 unspecified atom stereocenters. The minimum Gasteiger partial charge on any atom is -0.399 e. The summed E-state index contributed by atoms with van der Waals surface area (Å²) in [5, 5.41) is 18.6. The lowest BCUT2D eigenvalue weighted by Gasteiger charge is -2.38. The maximum Gasteiger partial charge on any atom is 0.498 e. The summed E-state index contributed by atoms with van der Waals surface area (Å²) in [6, 6.07) is -0.0798. The first-order valence-corrected chi connectivity index (χ1v) is 10.0. The van der Waals surface area contributed by atoms with Crippen LogP contribution in [0.5, 0.6) is 0 Å². The number of carbonyl (C=O) groups excluding carboxylic acids is 1. The SMILES string of the molecule is CN(C(=O)[C@@H](O)CO)[C@@H]1CCCN(c2ncc(B3OC(C)(C)C(C)(C)O3)cn2)C1. The van der Waals surface area contributed by atoms with Crippen LogP contribution in [0.1, 0.15) is 40.5 Å². The largest absolute Gasteiger partial charge is 0.498 e. The summed E-state index contributed by atoms with van der Waals surface area (Å²) in [5.74, 6) is 0.106. The molecule has 2 saturated heterocycles. The molecule has 2 atom stereocenters. The van der Waals surface area contributed by atoms with Crippen LogP contribution in [0.3, 0.4) is 0 Å². The summed E-state index contributed by atoms with van der Waals surface area (Å²) in [6.07, 6.45) is 3.76. The number of aliphatic hydroxyl groups is 2. The molecule has 1 aromatic heterocycles. The van der Waals surface area contributed by atoms with E-state index in [2.05, 4.69) is 9.97 Å². The highest BCUT2D eigenvalue weighted by molar-refractivity contribution is 6.61. The fraction of sp³-hybridized carbons (Fsp3) is 0.737. The molecule has 3 heterocycles. The molecule has 0 saturated carbocycles. The standard InChI is InChI=1S/C19H31BN4O5/c1-18(2)19(3,4)29-20(28-18)13-9-21-17(22-10-13)24-8-6-7-14(11-24)23(5)16(27)15(26)12-25/h9-10,14-15,25-26H,6-8,11-12H2,1-5H3/t14-,15+/m1/s1. The van der Waals surface area contributed by atoms with Crippen molar-refractivity contribution in [1.29, 1.82) is 0 Å². The highest BCUT2D eigenvalue weighted by atomic mass is 16.7. The molecule has 9 nitrogen and oxygen atoms in total. The number of piperidine rings is 1. The van der Waals surface area contributed by atoms with Crippen LogP contribution in [0.2, 0.25) is 0 Å². The van der Waals surface area contributed by atoms with Gasteiger partial charge in [-0.15, -0.1) is 0 Å². The quantitative estimate of drug-likeness (QED) is 0.634. The van der Waals surface area contributed by atoms with Crippen molar-refractivity contribution in [2.24, 2.45) is 0 Å². The highest BCUT2D eigenvalue weighted by Gasteiger charge is 2.52. The van der Waals surface area contributed by atoms with Crippen molar-refractivity contribution in [2.45, 2.75) is 63.9 Å². The summed E-state index contributed by atoms with van der Waals surface area (Å²) in [4.78, 5) is 24.7. The fourth-order valence-corrected chi connectivity index (χ4v) is 3.54. The molecule has 3 rings (SSSR count). The first-order valence-electron chi connectivity index (χ1n) is 10.0. The first kappa shape index (κ1) is 22.0. The minimum absolute atomic E-state index is 0.0798. The molecule has 29 heavy (non-hydrogen) atoms. The topological polar surface area (TPSA) is 108 Å². The van der Waals surface area contributed by atoms with Crippen LogP contribution in [-0.4, -0.2) is 88.2 Å². The predicted molar refractivity (Wildman–Crippen MR) is 109 cm³/mol. The molecule has 2 aliphatic heterocycles. The van der Waals surface area contributed by atoms with Crippen LogP contribution in [0.15, 0.2) is 12.4 Å². The lowest BCUT2D eigenvalue weighted by Crippen LogP contribution is -2.52. The Bertz CT molecular complexity index is 714. The van der Waals surface area contributed by atoms with Gasteiger partial charge in [-0.1, -0.05) is 0 Å². The third-order valence-electron chi connectivity index (χ3n) is 6.22. The van der Waals surface area contributed by atoms with E-state index in [1.807, 2.05) is 32.6 Å². The first-order chi connectivity index (χ1) is 13.6. The van der Waals surface area contributed by atoms with E-state index >= 15 is 0 Å². The highest BCUT2D eigenvalue weighted by Crippen LogP contribution is 2.36. The van der Waals surface area contributed by atoms with Gasteiger partial charge in [0.05, 0.1) is 17.8 Å². The minimum atomic E-state index is -1.38. The van der Waals surface area contributed by atoms with Crippen molar-refractivity contribution in [3.63, 3.8) is 0 Å². The Morgan fingerprint density at radius 3 is 2.45 bits per heavy atom. The number of likely N-dealkylation sites (N-methyl/N-ethyl adjacent to an activating group) is 1. The average Bonchev–Trinajstić information content (AvgIpc) is 2.93. The molecule has 0 bridgehead atoms. The Morgan fingerprint density at radius 2 is 1.90 bits per heavy atom. The zero-order valence-corrected chi connectivity index (χ0v) is 17.8. The van der Waals surface area contributed by atoms with Crippen LogP contribution >= 0.6 is 0 Å². The lowest BCUT2D eigenvalue weighted by molar-refractivity contribution is -0.143. The second kappa shape index (κ2) is 8.18. The zero-order chi connectivity index (χ0) is 21.4. The van der Waals surface area contributed by atoms with E-state index in [-0.39, 0.29) is 6.04 Å². The Hall–Kier alpha value is -1.75. The molecule has 0 radical (unpaired) electrons. The molecule has 0 aromatic carbocycles. The number of aromatic nitrogens is 2. The molecular weight excluding hydrogens is 375 g/mol. The van der Waals surface area contributed by atoms with Gasteiger partial charge in [0.25, 0.3) is 5.91 Å². The fourth-order valence-electron chi connectivity index (χ4n) is 3.54. The van der Waals surface area contributed by atoms with Crippen molar-refractivity contribution >= 4 is 24.4 Å². The van der Waals surface area contributed by atoms with Crippen LogP contribution in [0, 0.1) is 0 Å². The van der Waals surface area contributed by atoms with E-state index in [0.29, 0.717) is 12.5 Å². The van der Waals surface area contributed by atoms with Crippen molar-refractivity contribution in [3.8, 4) is 0 Å². The van der Waals surface area contributed by atoms with Gasteiger partial charge in [0.15, 0.2) is 6.10 Å². The van der Waals surface area contributed by atoms with Gasteiger partial charge >= 0.3 is 7.12 Å². The van der Waals surface area contributed by atoms with Crippen molar-refractivity contribution < 1.29 is 24.3 Å². The van der Waals surface area contributed by atoms with E-state index in [0.717, 1.165) is 24.8 Å². The molecule has 0 spiro atoms. The van der Waals surface area contributed by atoms with Gasteiger partial charge < -0.3 is 29.3 Å². The Morgan fingerprint density at radius 1 is 1.31 bits per heavy atom. The zero-order valence-electron chi connectivity index (χ0n) is 17.8. The van der Waals surface area contributed by atoms with Gasteiger partial charge in [0.1, 0.15) is 0 Å². The number of amides is 1. The van der Waals surface area contributed by atoms with Crippen LogP contribution < -0.4 is 10.4 Å². The third kappa shape index (κ3) is 4.40. The van der Waals surface area contributed by atoms with Crippen LogP contribution in [0.4, 0.5) is 5.95 Å². The van der Waals surface area contributed by atoms with Gasteiger partial charge in [-0.05, 0) is 40.5 Å². The number of hydrogen-bond acceptors (Lipinski definition) is 8. The smallest absolute Gasteiger partial charge is 0.399 e. The molecule has 10 heteroatoms. The van der Waals surface area contributed by atoms with E-state index in [4.69, 9.17) is 14.4 Å². The molecule has 2 N–H and O–H groups in total. The van der Waals surface area contributed by atoms with E-state index in [1.54, 1.807) is 19.4 Å². The summed E-state index contributed by atoms with van der Waals surface area (Å²) < 4.78 is 12.1. The molecule has 160 valence electrons. The number of aliphatic hydroxyl groups excluding tert-OH is 2. The van der Waals surface area contributed by atoms with E-state index in [1.165, 1.54) is 4.90 Å². The number of nitrogens with zero attached hydrogens (tertiary/aromatic N) is 4. The second-order valence-corrected chi connectivity index (χ2v) is 8.79. The molecule has 0 aliphatic carbocycles. The van der Waals surface area contributed by atoms with Crippen molar-refractivity contribution in [3.05, 3.63) is 12.4 Å². The maximum absolute atomic E-state index is 12.2. The Labute approximate surface area is 172 Å². The molecule has 1 aromatic rings. The number of rotatable bonds is 5. The lowest BCUT2D eigenvalue weighted by atomic mass is 9.81. The second-order valence-electron chi connectivity index (χ2n) is 8.79. The predicted octanol–water partition coefficient (Wildman–Crippen LogP) is -0.444. The molecular formula is C19H31BN4O5. The van der Waals surface area contributed by atoms with Gasteiger partial charge in [0, 0.05) is 44.0 Å². The number of carbonyl (C=O) groups is 1. The summed E-state index contributed by atoms with van der Waals surface area (Å²) in [5.41, 5.74) is -0.0846.